The normalized spacial score (nSPS) is 9.93. The van der Waals surface area contributed by atoms with Crippen molar-refractivity contribution in [3.63, 3.8) is 0 Å². The fourth-order valence-corrected chi connectivity index (χ4v) is 1.54. The minimum Gasteiger partial charge on any atom is -0.497 e. The van der Waals surface area contributed by atoms with Crippen LogP contribution >= 0.6 is 15.9 Å². The highest BCUT2D eigenvalue weighted by atomic mass is 79.9. The molecule has 3 nitrogen and oxygen atoms in total. The van der Waals surface area contributed by atoms with Crippen molar-refractivity contribution in [2.45, 2.75) is 5.33 Å². The number of methoxy groups -OCH3 is 1. The van der Waals surface area contributed by atoms with E-state index in [2.05, 4.69) is 15.9 Å². The molecule has 1 aromatic rings. The molecule has 0 radical (unpaired) electrons. The van der Waals surface area contributed by atoms with Gasteiger partial charge in [0, 0.05) is 11.4 Å². The van der Waals surface area contributed by atoms with Crippen molar-refractivity contribution in [1.82, 2.24) is 0 Å². The zero-order chi connectivity index (χ0) is 10.7. The third-order valence-corrected chi connectivity index (χ3v) is 2.34. The molecule has 0 atom stereocenters. The molecule has 5 heteroatoms. The van der Waals surface area contributed by atoms with E-state index in [0.29, 0.717) is 11.3 Å². The summed E-state index contributed by atoms with van der Waals surface area (Å²) in [5.41, 5.74) is 0.0389. The first-order chi connectivity index (χ1) is 6.60. The van der Waals surface area contributed by atoms with Crippen LogP contribution in [0, 0.1) is 5.82 Å². The van der Waals surface area contributed by atoms with Crippen LogP contribution in [0.3, 0.4) is 0 Å². The summed E-state index contributed by atoms with van der Waals surface area (Å²) in [6.45, 7) is 0. The molecule has 0 spiro atoms. The van der Waals surface area contributed by atoms with Gasteiger partial charge in [-0.15, -0.1) is 0 Å². The maximum Gasteiger partial charge on any atom is 0.339 e. The SMILES string of the molecule is COc1cc(F)c(C(=O)O)c(CBr)c1. The van der Waals surface area contributed by atoms with Crippen LogP contribution in [-0.2, 0) is 5.33 Å². The van der Waals surface area contributed by atoms with Gasteiger partial charge in [-0.25, -0.2) is 9.18 Å². The molecule has 0 unspecified atom stereocenters. The van der Waals surface area contributed by atoms with Crippen LogP contribution in [0.15, 0.2) is 12.1 Å². The third-order valence-electron chi connectivity index (χ3n) is 1.74. The molecule has 76 valence electrons. The average Bonchev–Trinajstić information content (AvgIpc) is 2.15. The number of carbonyl (C=O) groups is 1. The van der Waals surface area contributed by atoms with E-state index in [1.165, 1.54) is 13.2 Å². The highest BCUT2D eigenvalue weighted by molar-refractivity contribution is 9.08. The molecule has 0 aromatic heterocycles. The molecule has 0 bridgehead atoms. The predicted molar refractivity (Wildman–Crippen MR) is 52.5 cm³/mol. The Morgan fingerprint density at radius 2 is 2.29 bits per heavy atom. The van der Waals surface area contributed by atoms with Gasteiger partial charge in [0.1, 0.15) is 11.6 Å². The van der Waals surface area contributed by atoms with Crippen molar-refractivity contribution in [3.05, 3.63) is 29.1 Å². The van der Waals surface area contributed by atoms with Gasteiger partial charge in [0.15, 0.2) is 0 Å². The molecule has 0 amide bonds. The van der Waals surface area contributed by atoms with Gasteiger partial charge in [-0.05, 0) is 11.6 Å². The number of halogens is 2. The van der Waals surface area contributed by atoms with Crippen LogP contribution in [0.4, 0.5) is 4.39 Å². The number of ether oxygens (including phenoxy) is 1. The molecule has 0 aliphatic carbocycles. The molecule has 14 heavy (non-hydrogen) atoms. The highest BCUT2D eigenvalue weighted by Crippen LogP contribution is 2.23. The molecule has 0 saturated carbocycles. The van der Waals surface area contributed by atoms with Crippen LogP contribution in [0.1, 0.15) is 15.9 Å². The van der Waals surface area contributed by atoms with E-state index < -0.39 is 11.8 Å². The zero-order valence-corrected chi connectivity index (χ0v) is 8.97. The molecule has 1 N–H and O–H groups in total. The quantitative estimate of drug-likeness (QED) is 0.852. The van der Waals surface area contributed by atoms with Crippen LogP contribution in [-0.4, -0.2) is 18.2 Å². The first-order valence-corrected chi connectivity index (χ1v) is 4.88. The number of benzene rings is 1. The molecule has 0 heterocycles. The molecule has 1 rings (SSSR count). The maximum atomic E-state index is 13.3. The van der Waals surface area contributed by atoms with Crippen LogP contribution in [0.5, 0.6) is 5.75 Å². The van der Waals surface area contributed by atoms with Gasteiger partial charge in [-0.2, -0.15) is 0 Å². The summed E-state index contributed by atoms with van der Waals surface area (Å²) in [4.78, 5) is 10.7. The van der Waals surface area contributed by atoms with Crippen LogP contribution in [0.2, 0.25) is 0 Å². The van der Waals surface area contributed by atoms with E-state index in [-0.39, 0.29) is 10.9 Å². The van der Waals surface area contributed by atoms with Gasteiger partial charge >= 0.3 is 5.97 Å². The Morgan fingerprint density at radius 1 is 1.64 bits per heavy atom. The number of carboxylic acids is 1. The average molecular weight is 263 g/mol. The van der Waals surface area contributed by atoms with Gasteiger partial charge in [0.05, 0.1) is 12.7 Å². The molecule has 0 aliphatic rings. The number of alkyl halides is 1. The minimum absolute atomic E-state index is 0.267. The van der Waals surface area contributed by atoms with Crippen LogP contribution < -0.4 is 4.74 Å². The summed E-state index contributed by atoms with van der Waals surface area (Å²) >= 11 is 3.09. The number of hydrogen-bond acceptors (Lipinski definition) is 2. The lowest BCUT2D eigenvalue weighted by molar-refractivity contribution is 0.0691. The molecular weight excluding hydrogens is 255 g/mol. The van der Waals surface area contributed by atoms with E-state index in [9.17, 15) is 9.18 Å². The van der Waals surface area contributed by atoms with Gasteiger partial charge in [0.25, 0.3) is 0 Å². The lowest BCUT2D eigenvalue weighted by Crippen LogP contribution is -2.05. The van der Waals surface area contributed by atoms with Gasteiger partial charge in [-0.3, -0.25) is 0 Å². The molecule has 0 fully saturated rings. The van der Waals surface area contributed by atoms with Gasteiger partial charge in [-0.1, -0.05) is 15.9 Å². The fourth-order valence-electron chi connectivity index (χ4n) is 1.10. The lowest BCUT2D eigenvalue weighted by atomic mass is 10.1. The van der Waals surface area contributed by atoms with E-state index >= 15 is 0 Å². The second-order valence-electron chi connectivity index (χ2n) is 2.58. The molecular formula is C9H8BrFO3. The summed E-state index contributed by atoms with van der Waals surface area (Å²) in [5.74, 6) is -1.76. The number of aromatic carboxylic acids is 1. The summed E-state index contributed by atoms with van der Waals surface area (Å²) < 4.78 is 18.1. The zero-order valence-electron chi connectivity index (χ0n) is 7.38. The number of rotatable bonds is 3. The van der Waals surface area contributed by atoms with Crippen molar-refractivity contribution in [2.75, 3.05) is 7.11 Å². The molecule has 0 aliphatic heterocycles. The summed E-state index contributed by atoms with van der Waals surface area (Å²) in [7, 11) is 1.40. The van der Waals surface area contributed by atoms with E-state index in [1.807, 2.05) is 0 Å². The predicted octanol–water partition coefficient (Wildman–Crippen LogP) is 2.43. The van der Waals surface area contributed by atoms with Gasteiger partial charge in [0.2, 0.25) is 0 Å². The Morgan fingerprint density at radius 3 is 2.71 bits per heavy atom. The Kier molecular flexibility index (Phi) is 3.46. The Balaban J connectivity index is 3.34. The maximum absolute atomic E-state index is 13.3. The largest absolute Gasteiger partial charge is 0.497 e. The van der Waals surface area contributed by atoms with E-state index in [1.54, 1.807) is 0 Å². The lowest BCUT2D eigenvalue weighted by Gasteiger charge is -2.07. The number of carboxylic acid groups (broad SMARTS) is 1. The Hall–Kier alpha value is -1.10. The standard InChI is InChI=1S/C9H8BrFO3/c1-14-6-2-5(4-10)8(9(12)13)7(11)3-6/h2-3H,4H2,1H3,(H,12,13). The summed E-state index contributed by atoms with van der Waals surface area (Å²) in [5, 5.41) is 9.01. The molecule has 0 saturated heterocycles. The second-order valence-corrected chi connectivity index (χ2v) is 3.14. The van der Waals surface area contributed by atoms with Crippen molar-refractivity contribution in [1.29, 1.82) is 0 Å². The fraction of sp³-hybridized carbons (Fsp3) is 0.222. The van der Waals surface area contributed by atoms with Crippen molar-refractivity contribution < 1.29 is 19.0 Å². The number of hydrogen-bond donors (Lipinski definition) is 1. The van der Waals surface area contributed by atoms with Crippen molar-refractivity contribution >= 4 is 21.9 Å². The smallest absolute Gasteiger partial charge is 0.339 e. The second kappa shape index (κ2) is 4.41. The van der Waals surface area contributed by atoms with Crippen molar-refractivity contribution in [3.8, 4) is 5.75 Å². The van der Waals surface area contributed by atoms with E-state index in [4.69, 9.17) is 9.84 Å². The summed E-state index contributed by atoms with van der Waals surface area (Å²) in [6, 6.07) is 2.54. The first-order valence-electron chi connectivity index (χ1n) is 3.75. The van der Waals surface area contributed by atoms with Crippen LogP contribution in [0.25, 0.3) is 0 Å². The van der Waals surface area contributed by atoms with Gasteiger partial charge < -0.3 is 9.84 Å². The first kappa shape index (κ1) is 11.0. The minimum atomic E-state index is -1.28. The Bertz CT molecular complexity index is 365. The monoisotopic (exact) mass is 262 g/mol. The van der Waals surface area contributed by atoms with Crippen molar-refractivity contribution in [2.24, 2.45) is 0 Å². The summed E-state index contributed by atoms with van der Waals surface area (Å²) in [6.07, 6.45) is 0. The molecule has 1 aromatic carbocycles. The Labute approximate surface area is 88.6 Å². The topological polar surface area (TPSA) is 46.5 Å². The van der Waals surface area contributed by atoms with E-state index in [0.717, 1.165) is 6.07 Å². The third kappa shape index (κ3) is 2.04. The highest BCUT2D eigenvalue weighted by Gasteiger charge is 2.16.